The lowest BCUT2D eigenvalue weighted by Gasteiger charge is -2.29. The Balaban J connectivity index is 1.51. The van der Waals surface area contributed by atoms with E-state index in [0.29, 0.717) is 13.2 Å². The van der Waals surface area contributed by atoms with Crippen molar-refractivity contribution in [1.29, 1.82) is 0 Å². The Hall–Kier alpha value is -3.73. The number of rotatable bonds is 5. The van der Waals surface area contributed by atoms with Gasteiger partial charge in [0.2, 0.25) is 0 Å². The van der Waals surface area contributed by atoms with Crippen LogP contribution in [0.1, 0.15) is 35.0 Å². The molecule has 166 valence electrons. The average Bonchev–Trinajstić information content (AvgIpc) is 3.47. The molecule has 0 amide bonds. The van der Waals surface area contributed by atoms with E-state index >= 15 is 0 Å². The summed E-state index contributed by atoms with van der Waals surface area (Å²) in [5.41, 5.74) is 12.8. The average molecular weight is 438 g/mol. The fraction of sp³-hybridized carbons (Fsp3) is 0.259. The van der Waals surface area contributed by atoms with Crippen LogP contribution in [-0.2, 0) is 11.2 Å². The highest BCUT2D eigenvalue weighted by Crippen LogP contribution is 2.34. The molecular weight excluding hydrogens is 410 g/mol. The number of nitrogens with zero attached hydrogens (tertiary/aromatic N) is 5. The lowest BCUT2D eigenvalue weighted by Crippen LogP contribution is -2.34. The van der Waals surface area contributed by atoms with E-state index in [1.807, 2.05) is 36.1 Å². The maximum atomic E-state index is 5.51. The van der Waals surface area contributed by atoms with Gasteiger partial charge in [-0.05, 0) is 36.3 Å². The fourth-order valence-corrected chi connectivity index (χ4v) is 4.57. The van der Waals surface area contributed by atoms with Crippen molar-refractivity contribution in [2.24, 2.45) is 4.99 Å². The van der Waals surface area contributed by atoms with Gasteiger partial charge in [-0.1, -0.05) is 24.8 Å². The zero-order valence-electron chi connectivity index (χ0n) is 19.1. The summed E-state index contributed by atoms with van der Waals surface area (Å²) >= 11 is 0. The van der Waals surface area contributed by atoms with E-state index in [0.717, 1.165) is 58.8 Å². The minimum absolute atomic E-state index is 0.716. The third kappa shape index (κ3) is 3.84. The van der Waals surface area contributed by atoms with Crippen molar-refractivity contribution in [1.82, 2.24) is 19.5 Å². The molecule has 3 aromatic rings. The summed E-state index contributed by atoms with van der Waals surface area (Å²) in [4.78, 5) is 11.3. The maximum Gasteiger partial charge on any atom is 0.0907 e. The summed E-state index contributed by atoms with van der Waals surface area (Å²) in [6.07, 6.45) is 10.9. The molecule has 0 N–H and O–H groups in total. The molecule has 1 aliphatic carbocycles. The summed E-state index contributed by atoms with van der Waals surface area (Å²) in [6, 6.07) is 8.57. The number of aliphatic imine (C=N–C) groups is 1. The van der Waals surface area contributed by atoms with Crippen molar-refractivity contribution in [2.45, 2.75) is 13.3 Å². The molecule has 0 spiro atoms. The van der Waals surface area contributed by atoms with E-state index in [9.17, 15) is 0 Å². The van der Waals surface area contributed by atoms with Gasteiger partial charge in [-0.3, -0.25) is 9.98 Å². The molecule has 1 saturated heterocycles. The Morgan fingerprint density at radius 2 is 2.09 bits per heavy atom. The van der Waals surface area contributed by atoms with Crippen molar-refractivity contribution < 1.29 is 4.74 Å². The van der Waals surface area contributed by atoms with Crippen molar-refractivity contribution in [3.05, 3.63) is 89.2 Å². The second-order valence-corrected chi connectivity index (χ2v) is 8.07. The zero-order chi connectivity index (χ0) is 22.8. The predicted molar refractivity (Wildman–Crippen MR) is 133 cm³/mol. The van der Waals surface area contributed by atoms with Gasteiger partial charge in [-0.15, -0.1) is 5.73 Å². The van der Waals surface area contributed by atoms with E-state index in [1.165, 1.54) is 11.1 Å². The topological polar surface area (TPSA) is 55.0 Å². The molecule has 0 unspecified atom stereocenters. The molecular formula is C27H27N5O. The second kappa shape index (κ2) is 9.02. The van der Waals surface area contributed by atoms with Crippen LogP contribution in [0.4, 0.5) is 0 Å². The van der Waals surface area contributed by atoms with E-state index in [2.05, 4.69) is 57.6 Å². The van der Waals surface area contributed by atoms with Crippen LogP contribution in [-0.4, -0.2) is 59.1 Å². The summed E-state index contributed by atoms with van der Waals surface area (Å²) < 4.78 is 7.43. The first-order valence-corrected chi connectivity index (χ1v) is 11.2. The molecule has 1 fully saturated rings. The zero-order valence-corrected chi connectivity index (χ0v) is 19.1. The summed E-state index contributed by atoms with van der Waals surface area (Å²) in [5, 5.41) is 4.57. The van der Waals surface area contributed by atoms with Gasteiger partial charge in [0, 0.05) is 50.1 Å². The minimum atomic E-state index is 0.716. The van der Waals surface area contributed by atoms with Crippen LogP contribution in [0.5, 0.6) is 0 Å². The van der Waals surface area contributed by atoms with Crippen molar-refractivity contribution in [3.8, 4) is 0 Å². The van der Waals surface area contributed by atoms with Crippen LogP contribution in [0.25, 0.3) is 22.4 Å². The van der Waals surface area contributed by atoms with Crippen LogP contribution in [0.2, 0.25) is 0 Å². The second-order valence-electron chi connectivity index (χ2n) is 8.07. The van der Waals surface area contributed by atoms with E-state index in [-0.39, 0.29) is 0 Å². The Bertz CT molecular complexity index is 1350. The van der Waals surface area contributed by atoms with Gasteiger partial charge in [0.05, 0.1) is 47.6 Å². The number of ether oxygens (including phenoxy) is 1. The molecule has 0 saturated carbocycles. The van der Waals surface area contributed by atoms with Gasteiger partial charge < -0.3 is 9.64 Å². The smallest absolute Gasteiger partial charge is 0.0907 e. The van der Waals surface area contributed by atoms with Crippen LogP contribution >= 0.6 is 0 Å². The highest BCUT2D eigenvalue weighted by molar-refractivity contribution is 6.09. The summed E-state index contributed by atoms with van der Waals surface area (Å²) in [5.74, 6) is 0. The molecule has 4 heterocycles. The first kappa shape index (κ1) is 21.1. The largest absolute Gasteiger partial charge is 0.378 e. The molecule has 6 nitrogen and oxygen atoms in total. The van der Waals surface area contributed by atoms with Crippen LogP contribution in [0, 0.1) is 0 Å². The highest BCUT2D eigenvalue weighted by atomic mass is 16.5. The highest BCUT2D eigenvalue weighted by Gasteiger charge is 2.21. The first-order chi connectivity index (χ1) is 16.2. The molecule has 33 heavy (non-hydrogen) atoms. The third-order valence-corrected chi connectivity index (χ3v) is 6.22. The maximum absolute atomic E-state index is 5.51. The number of allylic oxidation sites excluding steroid dienone is 3. The van der Waals surface area contributed by atoms with Crippen molar-refractivity contribution in [2.75, 3.05) is 33.4 Å². The van der Waals surface area contributed by atoms with Crippen molar-refractivity contribution >= 4 is 28.6 Å². The number of fused-ring (bicyclic) bond motifs is 2. The lowest BCUT2D eigenvalue weighted by atomic mass is 10.00. The molecule has 0 radical (unpaired) electrons. The summed E-state index contributed by atoms with van der Waals surface area (Å²) in [6.45, 7) is 9.06. The van der Waals surface area contributed by atoms with Gasteiger partial charge >= 0.3 is 0 Å². The first-order valence-electron chi connectivity index (χ1n) is 11.2. The van der Waals surface area contributed by atoms with Crippen LogP contribution in [0.3, 0.4) is 0 Å². The number of hydrogen-bond acceptors (Lipinski definition) is 5. The molecule has 0 aromatic carbocycles. The quantitative estimate of drug-likeness (QED) is 0.442. The SMILES string of the molecule is C=C=C(c1cnn2ccc(C3=CCc4nc(/C(C=NC)=C/C)ccc43)cc12)N1CCOCC1. The third-order valence-electron chi connectivity index (χ3n) is 6.22. The standard InChI is InChI=1S/C27H27N5O/c1-4-19(17-28-3)24-8-7-22-21(6-9-25(22)30-24)20-10-11-32-27(16-20)23(18-29-32)26(5-2)31-12-14-33-15-13-31/h4,6-8,10-11,16-18H,2,9,12-15H2,1,3H3/b19-4+,28-17?. The Morgan fingerprint density at radius 1 is 1.24 bits per heavy atom. The molecule has 0 atom stereocenters. The fourth-order valence-electron chi connectivity index (χ4n) is 4.57. The lowest BCUT2D eigenvalue weighted by molar-refractivity contribution is 0.0640. The molecule has 5 rings (SSSR count). The van der Waals surface area contributed by atoms with Gasteiger partial charge in [0.1, 0.15) is 0 Å². The molecule has 2 aliphatic rings. The van der Waals surface area contributed by atoms with Gasteiger partial charge in [-0.2, -0.15) is 5.10 Å². The van der Waals surface area contributed by atoms with Gasteiger partial charge in [0.15, 0.2) is 0 Å². The van der Waals surface area contributed by atoms with Crippen LogP contribution in [0.15, 0.2) is 66.1 Å². The summed E-state index contributed by atoms with van der Waals surface area (Å²) in [7, 11) is 1.78. The van der Waals surface area contributed by atoms with E-state index in [1.54, 1.807) is 7.05 Å². The van der Waals surface area contributed by atoms with E-state index in [4.69, 9.17) is 9.72 Å². The number of morpholine rings is 1. The molecule has 6 heteroatoms. The van der Waals surface area contributed by atoms with Gasteiger partial charge in [-0.25, -0.2) is 4.52 Å². The molecule has 1 aliphatic heterocycles. The van der Waals surface area contributed by atoms with Crippen molar-refractivity contribution in [3.63, 3.8) is 0 Å². The molecule has 3 aromatic heterocycles. The Labute approximate surface area is 193 Å². The Morgan fingerprint density at radius 3 is 2.85 bits per heavy atom. The van der Waals surface area contributed by atoms with Gasteiger partial charge in [0.25, 0.3) is 0 Å². The number of pyridine rings is 2. The predicted octanol–water partition coefficient (Wildman–Crippen LogP) is 4.28. The number of aromatic nitrogens is 3. The minimum Gasteiger partial charge on any atom is -0.378 e. The number of hydrogen-bond donors (Lipinski definition) is 0. The molecule has 0 bridgehead atoms. The monoisotopic (exact) mass is 437 g/mol. The Kier molecular flexibility index (Phi) is 5.78. The normalized spacial score (nSPS) is 16.2. The van der Waals surface area contributed by atoms with E-state index < -0.39 is 0 Å². The van der Waals surface area contributed by atoms with Crippen LogP contribution < -0.4 is 0 Å².